The SMILES string of the molecule is Cc1noc(C)c1-c1ccc(F)c([N+](=O)[O-])c1.Cc1noc(C)c1-c1ccc(N[C@@H]2CC[N+](F)(F)C2)c([N+](=O)[O-])c1. The number of halogens is 3. The van der Waals surface area contributed by atoms with Gasteiger partial charge in [-0.1, -0.05) is 22.4 Å². The predicted octanol–water partition coefficient (Wildman–Crippen LogP) is 6.64. The molecule has 1 N–H and O–H groups in total. The van der Waals surface area contributed by atoms with Crippen molar-refractivity contribution in [2.45, 2.75) is 40.2 Å². The Hall–Kier alpha value is -4.79. The summed E-state index contributed by atoms with van der Waals surface area (Å²) in [6, 6.07) is 7.88. The molecule has 0 bridgehead atoms. The van der Waals surface area contributed by atoms with Crippen LogP contribution in [0.5, 0.6) is 0 Å². The Bertz CT molecular complexity index is 1580. The van der Waals surface area contributed by atoms with Crippen LogP contribution in [-0.4, -0.2) is 44.2 Å². The zero-order chi connectivity index (χ0) is 30.1. The van der Waals surface area contributed by atoms with E-state index in [1.807, 2.05) is 0 Å². The summed E-state index contributed by atoms with van der Waals surface area (Å²) < 4.78 is 49.7. The molecule has 0 radical (unpaired) electrons. The van der Waals surface area contributed by atoms with E-state index in [0.717, 1.165) is 6.07 Å². The first-order valence-corrected chi connectivity index (χ1v) is 12.4. The van der Waals surface area contributed by atoms with E-state index in [1.165, 1.54) is 18.2 Å². The monoisotopic (exact) mass is 575 g/mol. The number of aryl methyl sites for hydroxylation is 4. The first-order valence-electron chi connectivity index (χ1n) is 12.4. The molecule has 0 aliphatic carbocycles. The zero-order valence-electron chi connectivity index (χ0n) is 22.5. The van der Waals surface area contributed by atoms with E-state index >= 15 is 0 Å². The Labute approximate surface area is 231 Å². The van der Waals surface area contributed by atoms with Crippen molar-refractivity contribution in [3.05, 3.63) is 85.4 Å². The summed E-state index contributed by atoms with van der Waals surface area (Å²) in [5.41, 5.74) is 3.27. The van der Waals surface area contributed by atoms with E-state index < -0.39 is 32.3 Å². The number of anilines is 1. The van der Waals surface area contributed by atoms with E-state index in [-0.39, 0.29) is 30.9 Å². The van der Waals surface area contributed by atoms with Gasteiger partial charge in [0.2, 0.25) is 5.82 Å². The van der Waals surface area contributed by atoms with Gasteiger partial charge in [0.15, 0.2) is 13.1 Å². The van der Waals surface area contributed by atoms with E-state index in [2.05, 4.69) is 15.6 Å². The molecule has 4 aromatic rings. The number of nitro groups is 2. The van der Waals surface area contributed by atoms with Gasteiger partial charge in [-0.3, -0.25) is 20.2 Å². The molecule has 2 aromatic carbocycles. The average Bonchev–Trinajstić information content (AvgIpc) is 3.55. The van der Waals surface area contributed by atoms with Gasteiger partial charge in [0.05, 0.1) is 32.2 Å². The summed E-state index contributed by atoms with van der Waals surface area (Å²) >= 11 is 0. The fourth-order valence-electron chi connectivity index (χ4n) is 4.75. The topological polar surface area (TPSA) is 150 Å². The zero-order valence-corrected chi connectivity index (χ0v) is 22.5. The highest BCUT2D eigenvalue weighted by molar-refractivity contribution is 5.75. The van der Waals surface area contributed by atoms with Crippen molar-refractivity contribution in [2.75, 3.05) is 18.4 Å². The Morgan fingerprint density at radius 1 is 0.878 bits per heavy atom. The molecule has 2 aromatic heterocycles. The van der Waals surface area contributed by atoms with Gasteiger partial charge in [0, 0.05) is 38.6 Å². The summed E-state index contributed by atoms with van der Waals surface area (Å²) in [6.07, 6.45) is 0.260. The maximum Gasteiger partial charge on any atom is 0.305 e. The minimum Gasteiger partial charge on any atom is -0.371 e. The molecule has 1 aliphatic heterocycles. The smallest absolute Gasteiger partial charge is 0.305 e. The third-order valence-electron chi connectivity index (χ3n) is 6.63. The molecule has 1 aliphatic rings. The lowest BCUT2D eigenvalue weighted by Crippen LogP contribution is -2.30. The van der Waals surface area contributed by atoms with Crippen LogP contribution in [0.2, 0.25) is 0 Å². The van der Waals surface area contributed by atoms with Crippen molar-refractivity contribution in [3.8, 4) is 22.3 Å². The summed E-state index contributed by atoms with van der Waals surface area (Å²) in [5.74, 6) is 0.254. The lowest BCUT2D eigenvalue weighted by molar-refractivity contribution is -1.16. The van der Waals surface area contributed by atoms with Crippen molar-refractivity contribution in [2.24, 2.45) is 0 Å². The van der Waals surface area contributed by atoms with Crippen LogP contribution in [0.1, 0.15) is 29.3 Å². The van der Waals surface area contributed by atoms with E-state index in [4.69, 9.17) is 9.05 Å². The quantitative estimate of drug-likeness (QED) is 0.151. The lowest BCUT2D eigenvalue weighted by atomic mass is 10.0. The Balaban J connectivity index is 0.000000201. The van der Waals surface area contributed by atoms with Gasteiger partial charge in [-0.2, -0.15) is 4.39 Å². The Kier molecular flexibility index (Phi) is 8.10. The number of nitrogens with zero attached hydrogens (tertiary/aromatic N) is 5. The number of nitro benzene ring substituents is 2. The van der Waals surface area contributed by atoms with Crippen LogP contribution in [0.3, 0.4) is 0 Å². The standard InChI is InChI=1S/C15H17F2N4O3.C11H9FN2O3/c1-9-15(10(2)24-19-9)11-3-4-13(14(7-11)20(22)23)18-12-5-6-21(16,17)8-12;1-6-11(7(2)17-13-6)8-3-4-9(12)10(5-8)14(15)16/h3-4,7,12,18H,5-6,8H2,1-2H3;3-5H,1-2H3/q+1;/t12-;/m1./s1. The molecule has 15 heteroatoms. The first kappa shape index (κ1) is 29.2. The van der Waals surface area contributed by atoms with Gasteiger partial charge in [-0.05, 0) is 51.0 Å². The largest absolute Gasteiger partial charge is 0.371 e. The second-order valence-electron chi connectivity index (χ2n) is 9.61. The third-order valence-corrected chi connectivity index (χ3v) is 6.63. The van der Waals surface area contributed by atoms with Crippen molar-refractivity contribution in [1.82, 2.24) is 10.3 Å². The number of benzene rings is 2. The molecule has 216 valence electrons. The number of quaternary nitrogens is 1. The highest BCUT2D eigenvalue weighted by Gasteiger charge is 2.42. The van der Waals surface area contributed by atoms with Crippen molar-refractivity contribution in [3.63, 3.8) is 0 Å². The third kappa shape index (κ3) is 6.35. The minimum absolute atomic E-state index is 0.157. The molecule has 1 fully saturated rings. The highest BCUT2D eigenvalue weighted by atomic mass is 19.4. The van der Waals surface area contributed by atoms with Crippen LogP contribution in [0.4, 0.5) is 30.4 Å². The van der Waals surface area contributed by atoms with Gasteiger partial charge in [-0.25, -0.2) is 0 Å². The molecule has 1 atom stereocenters. The molecule has 12 nitrogen and oxygen atoms in total. The summed E-state index contributed by atoms with van der Waals surface area (Å²) in [6.45, 7) is 6.27. The first-order chi connectivity index (χ1) is 19.3. The maximum atomic E-state index is 13.2. The highest BCUT2D eigenvalue weighted by Crippen LogP contribution is 2.35. The molecule has 0 amide bonds. The molecular weight excluding hydrogens is 549 g/mol. The summed E-state index contributed by atoms with van der Waals surface area (Å²) in [5, 5.41) is 32.5. The normalized spacial score (nSPS) is 15.7. The van der Waals surface area contributed by atoms with Crippen LogP contribution in [-0.2, 0) is 0 Å². The molecule has 0 unspecified atom stereocenters. The lowest BCUT2D eigenvalue weighted by Gasteiger charge is -2.13. The maximum absolute atomic E-state index is 13.2. The Morgan fingerprint density at radius 3 is 1.83 bits per heavy atom. The van der Waals surface area contributed by atoms with Gasteiger partial charge < -0.3 is 14.4 Å². The number of aromatic nitrogens is 2. The van der Waals surface area contributed by atoms with Crippen molar-refractivity contribution in [1.29, 1.82) is 0 Å². The van der Waals surface area contributed by atoms with Crippen LogP contribution in [0, 0.1) is 53.7 Å². The van der Waals surface area contributed by atoms with E-state index in [9.17, 15) is 33.6 Å². The van der Waals surface area contributed by atoms with E-state index in [0.29, 0.717) is 45.2 Å². The van der Waals surface area contributed by atoms with Crippen LogP contribution in [0.15, 0.2) is 45.4 Å². The van der Waals surface area contributed by atoms with Crippen LogP contribution in [0.25, 0.3) is 22.3 Å². The van der Waals surface area contributed by atoms with Gasteiger partial charge in [0.25, 0.3) is 5.69 Å². The average molecular weight is 576 g/mol. The Morgan fingerprint density at radius 2 is 1.39 bits per heavy atom. The van der Waals surface area contributed by atoms with E-state index in [1.54, 1.807) is 39.8 Å². The number of rotatable bonds is 6. The van der Waals surface area contributed by atoms with Crippen molar-refractivity contribution >= 4 is 17.1 Å². The number of hydrogen-bond donors (Lipinski definition) is 1. The van der Waals surface area contributed by atoms with Gasteiger partial charge in [0.1, 0.15) is 17.2 Å². The van der Waals surface area contributed by atoms with Crippen LogP contribution >= 0.6 is 0 Å². The molecule has 1 saturated heterocycles. The summed E-state index contributed by atoms with van der Waals surface area (Å²) in [4.78, 5) is 18.7. The number of nitrogens with one attached hydrogen (secondary N) is 1. The van der Waals surface area contributed by atoms with Crippen molar-refractivity contribution < 1.29 is 37.2 Å². The van der Waals surface area contributed by atoms with Crippen LogP contribution < -0.4 is 5.32 Å². The second-order valence-corrected chi connectivity index (χ2v) is 9.61. The molecule has 5 rings (SSSR count). The van der Waals surface area contributed by atoms with Gasteiger partial charge >= 0.3 is 5.69 Å². The summed E-state index contributed by atoms with van der Waals surface area (Å²) in [7, 11) is 0. The molecule has 0 saturated carbocycles. The second kappa shape index (κ2) is 11.4. The minimum atomic E-state index is -2.07. The fourth-order valence-corrected chi connectivity index (χ4v) is 4.75. The molecule has 41 heavy (non-hydrogen) atoms. The van der Waals surface area contributed by atoms with Gasteiger partial charge in [-0.15, -0.1) is 0 Å². The fraction of sp³-hybridized carbons (Fsp3) is 0.308. The molecular formula is C26H26F3N6O6+. The number of hydrogen-bond acceptors (Lipinski definition) is 9. The predicted molar refractivity (Wildman–Crippen MR) is 140 cm³/mol. The molecule has 3 heterocycles. The molecule has 0 spiro atoms.